The van der Waals surface area contributed by atoms with E-state index in [1.165, 1.54) is 16.0 Å². The molecule has 0 aliphatic carbocycles. The average Bonchev–Trinajstić information content (AvgIpc) is 3.23. The summed E-state index contributed by atoms with van der Waals surface area (Å²) < 4.78 is 10.9. The molecule has 1 aliphatic heterocycles. The minimum atomic E-state index is -0.0200. The number of para-hydroxylation sites is 1. The third kappa shape index (κ3) is 3.78. The molecular formula is C22H24N2O2S. The first kappa shape index (κ1) is 17.9. The molecule has 4 nitrogen and oxygen atoms in total. The van der Waals surface area contributed by atoms with Crippen molar-refractivity contribution in [3.63, 3.8) is 0 Å². The van der Waals surface area contributed by atoms with Crippen LogP contribution in [0.2, 0.25) is 0 Å². The average molecular weight is 381 g/mol. The molecule has 0 spiro atoms. The van der Waals surface area contributed by atoms with Crippen LogP contribution in [-0.2, 0) is 11.8 Å². The first-order chi connectivity index (χ1) is 12.9. The van der Waals surface area contributed by atoms with Crippen LogP contribution in [-0.4, -0.2) is 11.8 Å². The fourth-order valence-corrected chi connectivity index (χ4v) is 4.39. The summed E-state index contributed by atoms with van der Waals surface area (Å²) in [5.41, 5.74) is 4.63. The zero-order valence-corrected chi connectivity index (χ0v) is 16.9. The molecule has 0 bridgehead atoms. The summed E-state index contributed by atoms with van der Waals surface area (Å²) in [6.45, 7) is 9.04. The molecule has 3 aromatic rings. The highest BCUT2D eigenvalue weighted by atomic mass is 32.1. The topological polar surface area (TPSA) is 43.4 Å². The number of nitrogens with zero attached hydrogens (tertiary/aromatic N) is 1. The van der Waals surface area contributed by atoms with E-state index in [1.807, 2.05) is 18.2 Å². The molecule has 0 saturated carbocycles. The zero-order valence-electron chi connectivity index (χ0n) is 16.1. The van der Waals surface area contributed by atoms with Crippen molar-refractivity contribution in [2.45, 2.75) is 39.5 Å². The third-order valence-corrected chi connectivity index (χ3v) is 5.57. The van der Waals surface area contributed by atoms with Gasteiger partial charge in [0.15, 0.2) is 16.6 Å². The predicted molar refractivity (Wildman–Crippen MR) is 111 cm³/mol. The van der Waals surface area contributed by atoms with Gasteiger partial charge in [-0.2, -0.15) is 0 Å². The van der Waals surface area contributed by atoms with Crippen LogP contribution in [0.4, 0.5) is 10.8 Å². The second-order valence-corrected chi connectivity index (χ2v) is 8.93. The fourth-order valence-electron chi connectivity index (χ4n) is 3.18. The lowest BCUT2D eigenvalue weighted by molar-refractivity contribution is 0.174. The van der Waals surface area contributed by atoms with E-state index in [-0.39, 0.29) is 5.41 Å². The highest BCUT2D eigenvalue weighted by molar-refractivity contribution is 7.15. The van der Waals surface area contributed by atoms with Crippen molar-refractivity contribution in [2.24, 2.45) is 0 Å². The standard InChI is InChI=1S/C22H24N2O2S/c1-14-7-5-6-8-16(14)23-21-24-20(22(2,3)4)19(27-21)12-15-9-10-17-18(11-15)26-13-25-17/h5-11H,12-13H2,1-4H3,(H,23,24). The van der Waals surface area contributed by atoms with E-state index in [4.69, 9.17) is 14.5 Å². The van der Waals surface area contributed by atoms with Gasteiger partial charge in [-0.15, -0.1) is 11.3 Å². The Balaban J connectivity index is 1.65. The molecule has 1 aliphatic rings. The van der Waals surface area contributed by atoms with Crippen molar-refractivity contribution >= 4 is 22.2 Å². The molecule has 0 fully saturated rings. The van der Waals surface area contributed by atoms with E-state index >= 15 is 0 Å². The number of fused-ring (bicyclic) bond motifs is 1. The van der Waals surface area contributed by atoms with Gasteiger partial charge < -0.3 is 14.8 Å². The van der Waals surface area contributed by atoms with Crippen molar-refractivity contribution in [1.82, 2.24) is 4.98 Å². The normalized spacial score (nSPS) is 13.0. The summed E-state index contributed by atoms with van der Waals surface area (Å²) in [5.74, 6) is 1.65. The van der Waals surface area contributed by atoms with Gasteiger partial charge in [-0.25, -0.2) is 4.98 Å². The zero-order chi connectivity index (χ0) is 19.0. The number of thiazole rings is 1. The number of rotatable bonds is 4. The lowest BCUT2D eigenvalue weighted by Crippen LogP contribution is -2.14. The molecule has 2 aromatic carbocycles. The first-order valence-corrected chi connectivity index (χ1v) is 9.93. The minimum Gasteiger partial charge on any atom is -0.454 e. The van der Waals surface area contributed by atoms with Crippen LogP contribution in [0.25, 0.3) is 0 Å². The van der Waals surface area contributed by atoms with Crippen LogP contribution >= 0.6 is 11.3 Å². The summed E-state index contributed by atoms with van der Waals surface area (Å²) in [6, 6.07) is 14.5. The molecule has 5 heteroatoms. The van der Waals surface area contributed by atoms with Gasteiger partial charge in [-0.1, -0.05) is 45.0 Å². The quantitative estimate of drug-likeness (QED) is 0.620. The van der Waals surface area contributed by atoms with E-state index in [9.17, 15) is 0 Å². The maximum Gasteiger partial charge on any atom is 0.231 e. The number of hydrogen-bond donors (Lipinski definition) is 1. The monoisotopic (exact) mass is 380 g/mol. The summed E-state index contributed by atoms with van der Waals surface area (Å²) in [4.78, 5) is 6.21. The van der Waals surface area contributed by atoms with Crippen LogP contribution < -0.4 is 14.8 Å². The molecule has 1 aromatic heterocycles. The van der Waals surface area contributed by atoms with E-state index in [0.29, 0.717) is 6.79 Å². The van der Waals surface area contributed by atoms with Gasteiger partial charge in [0.2, 0.25) is 6.79 Å². The van der Waals surface area contributed by atoms with Crippen molar-refractivity contribution in [1.29, 1.82) is 0 Å². The fraction of sp³-hybridized carbons (Fsp3) is 0.318. The third-order valence-electron chi connectivity index (χ3n) is 4.60. The van der Waals surface area contributed by atoms with E-state index < -0.39 is 0 Å². The van der Waals surface area contributed by atoms with Gasteiger partial charge in [0, 0.05) is 22.4 Å². The van der Waals surface area contributed by atoms with Gasteiger partial charge >= 0.3 is 0 Å². The molecule has 140 valence electrons. The number of aryl methyl sites for hydroxylation is 1. The highest BCUT2D eigenvalue weighted by Crippen LogP contribution is 2.37. The molecule has 0 atom stereocenters. The Hall–Kier alpha value is -2.53. The van der Waals surface area contributed by atoms with E-state index in [1.54, 1.807) is 11.3 Å². The van der Waals surface area contributed by atoms with Crippen LogP contribution in [0.1, 0.15) is 42.5 Å². The maximum atomic E-state index is 5.52. The van der Waals surface area contributed by atoms with Gasteiger partial charge in [0.1, 0.15) is 0 Å². The van der Waals surface area contributed by atoms with Gasteiger partial charge in [-0.3, -0.25) is 0 Å². The van der Waals surface area contributed by atoms with E-state index in [2.05, 4.69) is 57.3 Å². The number of nitrogens with one attached hydrogen (secondary N) is 1. The van der Waals surface area contributed by atoms with Gasteiger partial charge in [-0.05, 0) is 36.2 Å². The van der Waals surface area contributed by atoms with Crippen LogP contribution in [0.15, 0.2) is 42.5 Å². The lowest BCUT2D eigenvalue weighted by atomic mass is 9.90. The Kier molecular flexibility index (Phi) is 4.56. The first-order valence-electron chi connectivity index (χ1n) is 9.11. The minimum absolute atomic E-state index is 0.0200. The molecule has 0 saturated heterocycles. The maximum absolute atomic E-state index is 5.52. The number of hydrogen-bond acceptors (Lipinski definition) is 5. The predicted octanol–water partition coefficient (Wildman–Crippen LogP) is 5.81. The highest BCUT2D eigenvalue weighted by Gasteiger charge is 2.24. The van der Waals surface area contributed by atoms with Crippen molar-refractivity contribution in [2.75, 3.05) is 12.1 Å². The van der Waals surface area contributed by atoms with Crippen LogP contribution in [0, 0.1) is 6.92 Å². The van der Waals surface area contributed by atoms with E-state index in [0.717, 1.165) is 34.4 Å². The number of benzene rings is 2. The second kappa shape index (κ2) is 6.89. The molecule has 0 radical (unpaired) electrons. The Morgan fingerprint density at radius 1 is 1.07 bits per heavy atom. The molecular weight excluding hydrogens is 356 g/mol. The Labute approximate surface area is 164 Å². The summed E-state index contributed by atoms with van der Waals surface area (Å²) in [5, 5.41) is 4.43. The molecule has 27 heavy (non-hydrogen) atoms. The SMILES string of the molecule is Cc1ccccc1Nc1nc(C(C)(C)C)c(Cc2ccc3c(c2)OCO3)s1. The van der Waals surface area contributed by atoms with Gasteiger partial charge in [0.25, 0.3) is 0 Å². The molecule has 1 N–H and O–H groups in total. The number of anilines is 2. The molecule has 2 heterocycles. The second-order valence-electron chi connectivity index (χ2n) is 7.85. The molecule has 0 amide bonds. The summed E-state index contributed by atoms with van der Waals surface area (Å²) in [7, 11) is 0. The van der Waals surface area contributed by atoms with Crippen molar-refractivity contribution in [3.05, 3.63) is 64.2 Å². The van der Waals surface area contributed by atoms with Crippen molar-refractivity contribution < 1.29 is 9.47 Å². The molecule has 4 rings (SSSR count). The number of ether oxygens (including phenoxy) is 2. The van der Waals surface area contributed by atoms with Crippen LogP contribution in [0.5, 0.6) is 11.5 Å². The van der Waals surface area contributed by atoms with Crippen LogP contribution in [0.3, 0.4) is 0 Å². The Morgan fingerprint density at radius 2 is 1.85 bits per heavy atom. The van der Waals surface area contributed by atoms with Gasteiger partial charge in [0.05, 0.1) is 5.69 Å². The van der Waals surface area contributed by atoms with Crippen molar-refractivity contribution in [3.8, 4) is 11.5 Å². The lowest BCUT2D eigenvalue weighted by Gasteiger charge is -2.17. The smallest absolute Gasteiger partial charge is 0.231 e. The Morgan fingerprint density at radius 3 is 2.63 bits per heavy atom. The largest absolute Gasteiger partial charge is 0.454 e. The summed E-state index contributed by atoms with van der Waals surface area (Å²) >= 11 is 1.72. The Bertz CT molecular complexity index is 973. The number of aromatic nitrogens is 1. The summed E-state index contributed by atoms with van der Waals surface area (Å²) in [6.07, 6.45) is 0.830. The molecule has 0 unspecified atom stereocenters.